The van der Waals surface area contributed by atoms with E-state index in [-0.39, 0.29) is 5.91 Å². The lowest BCUT2D eigenvalue weighted by atomic mass is 9.89. The summed E-state index contributed by atoms with van der Waals surface area (Å²) < 4.78 is 0. The molecule has 0 aromatic carbocycles. The predicted octanol–water partition coefficient (Wildman–Crippen LogP) is 1.16. The third-order valence-electron chi connectivity index (χ3n) is 3.63. The van der Waals surface area contributed by atoms with Gasteiger partial charge in [0, 0.05) is 17.3 Å². The number of hydrogen-bond acceptors (Lipinski definition) is 4. The van der Waals surface area contributed by atoms with Crippen LogP contribution in [0.5, 0.6) is 0 Å². The van der Waals surface area contributed by atoms with Gasteiger partial charge in [0.15, 0.2) is 0 Å². The first-order valence-electron chi connectivity index (χ1n) is 6.20. The molecule has 1 aromatic heterocycles. The van der Waals surface area contributed by atoms with Crippen molar-refractivity contribution >= 4 is 17.7 Å². The molecule has 3 rings (SSSR count). The molecular weight excluding hydrogens is 248 g/mol. The molecule has 2 heterocycles. The van der Waals surface area contributed by atoms with Gasteiger partial charge in [-0.05, 0) is 30.9 Å². The standard InChI is InChI=1S/C13H16N2O2S/c16-12(7-18-11-3-5-14-6-4-11)15-8-13(17,9-15)10-1-2-10/h3-6,10,17H,1-2,7-9H2. The van der Waals surface area contributed by atoms with Crippen molar-refractivity contribution in [1.29, 1.82) is 0 Å². The molecule has 18 heavy (non-hydrogen) atoms. The van der Waals surface area contributed by atoms with Gasteiger partial charge in [-0.1, -0.05) is 0 Å². The Hall–Kier alpha value is -1.07. The number of likely N-dealkylation sites (tertiary alicyclic amines) is 1. The summed E-state index contributed by atoms with van der Waals surface area (Å²) in [6.45, 7) is 1.04. The molecule has 0 atom stereocenters. The number of nitrogens with zero attached hydrogens (tertiary/aromatic N) is 2. The summed E-state index contributed by atoms with van der Waals surface area (Å²) in [4.78, 5) is 18.7. The molecule has 1 N–H and O–H groups in total. The highest BCUT2D eigenvalue weighted by molar-refractivity contribution is 8.00. The molecule has 1 aliphatic heterocycles. The van der Waals surface area contributed by atoms with Crippen molar-refractivity contribution in [3.8, 4) is 0 Å². The fourth-order valence-corrected chi connectivity index (χ4v) is 3.13. The minimum Gasteiger partial charge on any atom is -0.386 e. The van der Waals surface area contributed by atoms with Gasteiger partial charge >= 0.3 is 0 Å². The molecule has 1 saturated carbocycles. The van der Waals surface area contributed by atoms with E-state index < -0.39 is 5.60 Å². The Kier molecular flexibility index (Phi) is 3.03. The van der Waals surface area contributed by atoms with Crippen molar-refractivity contribution in [2.24, 2.45) is 5.92 Å². The Bertz CT molecular complexity index is 442. The number of pyridine rings is 1. The van der Waals surface area contributed by atoms with Gasteiger partial charge in [0.25, 0.3) is 0 Å². The summed E-state index contributed by atoms with van der Waals surface area (Å²) >= 11 is 1.52. The normalized spacial score (nSPS) is 21.5. The number of aliphatic hydroxyl groups is 1. The highest BCUT2D eigenvalue weighted by Gasteiger charge is 2.53. The lowest BCUT2D eigenvalue weighted by molar-refractivity contribution is -0.156. The van der Waals surface area contributed by atoms with Crippen molar-refractivity contribution < 1.29 is 9.90 Å². The Labute approximate surface area is 110 Å². The highest BCUT2D eigenvalue weighted by atomic mass is 32.2. The van der Waals surface area contributed by atoms with Gasteiger partial charge in [0.05, 0.1) is 18.8 Å². The average molecular weight is 264 g/mol. The van der Waals surface area contributed by atoms with Crippen molar-refractivity contribution in [3.05, 3.63) is 24.5 Å². The summed E-state index contributed by atoms with van der Waals surface area (Å²) in [6, 6.07) is 3.79. The second kappa shape index (κ2) is 4.55. The zero-order valence-electron chi connectivity index (χ0n) is 10.1. The van der Waals surface area contributed by atoms with Gasteiger partial charge in [0.1, 0.15) is 5.60 Å². The predicted molar refractivity (Wildman–Crippen MR) is 69.2 cm³/mol. The molecule has 4 nitrogen and oxygen atoms in total. The van der Waals surface area contributed by atoms with E-state index in [1.807, 2.05) is 12.1 Å². The first-order chi connectivity index (χ1) is 8.67. The van der Waals surface area contributed by atoms with Crippen LogP contribution in [0.4, 0.5) is 0 Å². The van der Waals surface area contributed by atoms with Crippen LogP contribution in [0.1, 0.15) is 12.8 Å². The summed E-state index contributed by atoms with van der Waals surface area (Å²) in [7, 11) is 0. The summed E-state index contributed by atoms with van der Waals surface area (Å²) in [5, 5.41) is 10.1. The minimum absolute atomic E-state index is 0.113. The maximum atomic E-state index is 11.9. The maximum Gasteiger partial charge on any atom is 0.233 e. The number of hydrogen-bond donors (Lipinski definition) is 1. The van der Waals surface area contributed by atoms with Crippen molar-refractivity contribution in [1.82, 2.24) is 9.88 Å². The van der Waals surface area contributed by atoms with Gasteiger partial charge in [-0.2, -0.15) is 0 Å². The van der Waals surface area contributed by atoms with E-state index in [1.54, 1.807) is 17.3 Å². The first kappa shape index (κ1) is 12.0. The van der Waals surface area contributed by atoms with Gasteiger partial charge < -0.3 is 10.0 Å². The molecule has 0 spiro atoms. The SMILES string of the molecule is O=C(CSc1ccncc1)N1CC(O)(C2CC2)C1. The number of aromatic nitrogens is 1. The molecule has 1 saturated heterocycles. The van der Waals surface area contributed by atoms with Crippen molar-refractivity contribution in [2.45, 2.75) is 23.3 Å². The minimum atomic E-state index is -0.572. The molecule has 1 aromatic rings. The number of rotatable bonds is 4. The van der Waals surface area contributed by atoms with Gasteiger partial charge in [0.2, 0.25) is 5.91 Å². The molecule has 96 valence electrons. The third kappa shape index (κ3) is 2.37. The van der Waals surface area contributed by atoms with E-state index >= 15 is 0 Å². The molecule has 0 bridgehead atoms. The fourth-order valence-electron chi connectivity index (χ4n) is 2.34. The van der Waals surface area contributed by atoms with Crippen LogP contribution in [0.3, 0.4) is 0 Å². The lowest BCUT2D eigenvalue weighted by Crippen LogP contribution is -2.65. The van der Waals surface area contributed by atoms with Crippen LogP contribution in [0.15, 0.2) is 29.4 Å². The Balaban J connectivity index is 1.46. The van der Waals surface area contributed by atoms with Crippen LogP contribution in [-0.4, -0.2) is 45.3 Å². The number of carbonyl (C=O) groups excluding carboxylic acids is 1. The van der Waals surface area contributed by atoms with Crippen molar-refractivity contribution in [2.75, 3.05) is 18.8 Å². The molecule has 1 aliphatic carbocycles. The van der Waals surface area contributed by atoms with E-state index in [1.165, 1.54) is 11.8 Å². The van der Waals surface area contributed by atoms with Crippen LogP contribution >= 0.6 is 11.8 Å². The Morgan fingerprint density at radius 1 is 1.44 bits per heavy atom. The monoisotopic (exact) mass is 264 g/mol. The fraction of sp³-hybridized carbons (Fsp3) is 0.538. The third-order valence-corrected chi connectivity index (χ3v) is 4.63. The smallest absolute Gasteiger partial charge is 0.233 e. The quantitative estimate of drug-likeness (QED) is 0.829. The first-order valence-corrected chi connectivity index (χ1v) is 7.19. The largest absolute Gasteiger partial charge is 0.386 e. The summed E-state index contributed by atoms with van der Waals surface area (Å²) in [5.74, 6) is 0.988. The molecule has 0 unspecified atom stereocenters. The van der Waals surface area contributed by atoms with E-state index in [4.69, 9.17) is 0 Å². The zero-order valence-corrected chi connectivity index (χ0v) is 10.9. The van der Waals surface area contributed by atoms with Crippen LogP contribution < -0.4 is 0 Å². The van der Waals surface area contributed by atoms with Crippen molar-refractivity contribution in [3.63, 3.8) is 0 Å². The van der Waals surface area contributed by atoms with Gasteiger partial charge in [-0.3, -0.25) is 9.78 Å². The number of carbonyl (C=O) groups is 1. The topological polar surface area (TPSA) is 53.4 Å². The zero-order chi connectivity index (χ0) is 12.6. The molecule has 2 aliphatic rings. The van der Waals surface area contributed by atoms with Gasteiger partial charge in [-0.25, -0.2) is 0 Å². The number of β-amino-alcohol motifs (C(OH)–C–C–N with tert-alkyl or cyclic N) is 1. The van der Waals surface area contributed by atoms with E-state index in [2.05, 4.69) is 4.98 Å². The van der Waals surface area contributed by atoms with E-state index in [0.717, 1.165) is 17.7 Å². The summed E-state index contributed by atoms with van der Waals surface area (Å²) in [6.07, 6.45) is 5.68. The number of amides is 1. The highest BCUT2D eigenvalue weighted by Crippen LogP contribution is 2.44. The Morgan fingerprint density at radius 3 is 2.72 bits per heavy atom. The second-order valence-electron chi connectivity index (χ2n) is 5.10. The summed E-state index contributed by atoms with van der Waals surface area (Å²) in [5.41, 5.74) is -0.572. The van der Waals surface area contributed by atoms with Crippen LogP contribution in [0.2, 0.25) is 0 Å². The molecular formula is C13H16N2O2S. The number of thioether (sulfide) groups is 1. The molecule has 1 amide bonds. The average Bonchev–Trinajstić information content (AvgIpc) is 3.18. The second-order valence-corrected chi connectivity index (χ2v) is 6.15. The molecule has 5 heteroatoms. The van der Waals surface area contributed by atoms with Crippen LogP contribution in [0, 0.1) is 5.92 Å². The van der Waals surface area contributed by atoms with Crippen LogP contribution in [0.25, 0.3) is 0 Å². The van der Waals surface area contributed by atoms with Gasteiger partial charge in [-0.15, -0.1) is 11.8 Å². The molecule has 2 fully saturated rings. The molecule has 0 radical (unpaired) electrons. The van der Waals surface area contributed by atoms with Crippen LogP contribution in [-0.2, 0) is 4.79 Å². The lowest BCUT2D eigenvalue weighted by Gasteiger charge is -2.47. The Morgan fingerprint density at radius 2 is 2.11 bits per heavy atom. The van der Waals surface area contributed by atoms with E-state index in [0.29, 0.717) is 24.8 Å². The van der Waals surface area contributed by atoms with E-state index in [9.17, 15) is 9.90 Å². The maximum absolute atomic E-state index is 11.9.